The highest BCUT2D eigenvalue weighted by atomic mass is 16.5. The Morgan fingerprint density at radius 2 is 2.47 bits per heavy atom. The molecule has 2 aliphatic rings. The minimum absolute atomic E-state index is 0.157. The van der Waals surface area contributed by atoms with Crippen molar-refractivity contribution in [1.29, 1.82) is 0 Å². The van der Waals surface area contributed by atoms with Crippen molar-refractivity contribution in [3.8, 4) is 0 Å². The van der Waals surface area contributed by atoms with Gasteiger partial charge in [0.25, 0.3) is 0 Å². The minimum Gasteiger partial charge on any atom is -0.378 e. The normalized spacial score (nSPS) is 26.1. The van der Waals surface area contributed by atoms with E-state index in [1.54, 1.807) is 0 Å². The van der Waals surface area contributed by atoms with Gasteiger partial charge in [-0.1, -0.05) is 0 Å². The van der Waals surface area contributed by atoms with Crippen LogP contribution in [-0.2, 0) is 22.5 Å². The molecule has 2 aliphatic heterocycles. The number of aromatic nitrogens is 2. The fourth-order valence-electron chi connectivity index (χ4n) is 2.95. The molecule has 19 heavy (non-hydrogen) atoms. The molecule has 0 saturated carbocycles. The summed E-state index contributed by atoms with van der Waals surface area (Å²) < 4.78 is 7.67. The molecule has 3 heterocycles. The van der Waals surface area contributed by atoms with Gasteiger partial charge in [-0.05, 0) is 25.7 Å². The lowest BCUT2D eigenvalue weighted by molar-refractivity contribution is -0.122. The Hall–Kier alpha value is -1.36. The first-order chi connectivity index (χ1) is 9.31. The largest absolute Gasteiger partial charge is 0.378 e. The number of fused-ring (bicyclic) bond motifs is 1. The first-order valence-electron chi connectivity index (χ1n) is 7.22. The highest BCUT2D eigenvalue weighted by Gasteiger charge is 2.21. The molecule has 1 N–H and O–H groups in total. The van der Waals surface area contributed by atoms with Crippen LogP contribution in [0, 0.1) is 0 Å². The average Bonchev–Trinajstić information content (AvgIpc) is 3.07. The Morgan fingerprint density at radius 3 is 3.32 bits per heavy atom. The molecular formula is C14H21N3O2. The maximum absolute atomic E-state index is 11.9. The van der Waals surface area contributed by atoms with Gasteiger partial charge in [0.1, 0.15) is 5.82 Å². The van der Waals surface area contributed by atoms with E-state index in [1.807, 2.05) is 12.4 Å². The zero-order valence-electron chi connectivity index (χ0n) is 11.2. The molecule has 0 aromatic carbocycles. The number of amides is 1. The number of ether oxygens (including phenoxy) is 1. The van der Waals surface area contributed by atoms with Crippen LogP contribution in [-0.4, -0.2) is 34.2 Å². The molecule has 0 bridgehead atoms. The van der Waals surface area contributed by atoms with E-state index >= 15 is 0 Å². The van der Waals surface area contributed by atoms with Crippen LogP contribution < -0.4 is 5.32 Å². The van der Waals surface area contributed by atoms with E-state index in [0.29, 0.717) is 12.5 Å². The summed E-state index contributed by atoms with van der Waals surface area (Å²) in [5.41, 5.74) is 0. The smallest absolute Gasteiger partial charge is 0.220 e. The van der Waals surface area contributed by atoms with Crippen LogP contribution in [0.4, 0.5) is 0 Å². The van der Waals surface area contributed by atoms with E-state index in [2.05, 4.69) is 14.9 Å². The third-order valence-electron chi connectivity index (χ3n) is 4.02. The summed E-state index contributed by atoms with van der Waals surface area (Å²) in [7, 11) is 0. The average molecular weight is 263 g/mol. The number of nitrogens with zero attached hydrogens (tertiary/aromatic N) is 2. The molecule has 5 heteroatoms. The Bertz CT molecular complexity index is 438. The molecule has 0 spiro atoms. The highest BCUT2D eigenvalue weighted by Crippen LogP contribution is 2.17. The van der Waals surface area contributed by atoms with Crippen molar-refractivity contribution in [2.45, 2.75) is 57.2 Å². The summed E-state index contributed by atoms with van der Waals surface area (Å²) in [5, 5.41) is 3.13. The quantitative estimate of drug-likeness (QED) is 0.890. The zero-order valence-corrected chi connectivity index (χ0v) is 11.2. The Balaban J connectivity index is 1.42. The lowest BCUT2D eigenvalue weighted by atomic mass is 10.1. The summed E-state index contributed by atoms with van der Waals surface area (Å²) in [5.74, 6) is 1.29. The van der Waals surface area contributed by atoms with Gasteiger partial charge < -0.3 is 14.6 Å². The van der Waals surface area contributed by atoms with Gasteiger partial charge in [0.15, 0.2) is 0 Å². The molecule has 1 saturated heterocycles. The number of rotatable bonds is 4. The van der Waals surface area contributed by atoms with Crippen LogP contribution in [0.1, 0.15) is 37.9 Å². The second kappa shape index (κ2) is 5.74. The van der Waals surface area contributed by atoms with Crippen LogP contribution >= 0.6 is 0 Å². The lowest BCUT2D eigenvalue weighted by Gasteiger charge is -2.25. The van der Waals surface area contributed by atoms with E-state index in [0.717, 1.165) is 51.1 Å². The van der Waals surface area contributed by atoms with Crippen molar-refractivity contribution in [3.63, 3.8) is 0 Å². The molecule has 0 aliphatic carbocycles. The topological polar surface area (TPSA) is 56.1 Å². The molecule has 1 aromatic rings. The van der Waals surface area contributed by atoms with Gasteiger partial charge in [-0.15, -0.1) is 0 Å². The first-order valence-corrected chi connectivity index (χ1v) is 7.22. The second-order valence-corrected chi connectivity index (χ2v) is 5.47. The number of aryl methyl sites for hydroxylation is 1. The molecule has 104 valence electrons. The highest BCUT2D eigenvalue weighted by molar-refractivity contribution is 5.76. The minimum atomic E-state index is 0.157. The predicted octanol–water partition coefficient (Wildman–Crippen LogP) is 1.27. The fourth-order valence-corrected chi connectivity index (χ4v) is 2.95. The van der Waals surface area contributed by atoms with E-state index in [4.69, 9.17) is 4.74 Å². The van der Waals surface area contributed by atoms with Crippen LogP contribution in [0.5, 0.6) is 0 Å². The summed E-state index contributed by atoms with van der Waals surface area (Å²) >= 11 is 0. The Morgan fingerprint density at radius 1 is 1.53 bits per heavy atom. The number of hydrogen-bond donors (Lipinski definition) is 1. The molecule has 0 radical (unpaired) electrons. The van der Waals surface area contributed by atoms with Gasteiger partial charge in [-0.25, -0.2) is 4.98 Å². The van der Waals surface area contributed by atoms with Crippen LogP contribution in [0.2, 0.25) is 0 Å². The monoisotopic (exact) mass is 263 g/mol. The van der Waals surface area contributed by atoms with Gasteiger partial charge in [0.2, 0.25) is 5.91 Å². The van der Waals surface area contributed by atoms with Crippen LogP contribution in [0.15, 0.2) is 12.4 Å². The van der Waals surface area contributed by atoms with Gasteiger partial charge in [-0.3, -0.25) is 4.79 Å². The Kier molecular flexibility index (Phi) is 3.82. The van der Waals surface area contributed by atoms with Crippen molar-refractivity contribution in [1.82, 2.24) is 14.9 Å². The SMILES string of the molecule is O=C(CCC1CCCO1)NC1CCc2nccn2C1. The molecule has 2 atom stereocenters. The number of nitrogens with one attached hydrogen (secondary N) is 1. The second-order valence-electron chi connectivity index (χ2n) is 5.47. The molecule has 1 amide bonds. The van der Waals surface area contributed by atoms with E-state index < -0.39 is 0 Å². The molecule has 3 rings (SSSR count). The molecule has 5 nitrogen and oxygen atoms in total. The molecule has 1 fully saturated rings. The molecule has 1 aromatic heterocycles. The number of imidazole rings is 1. The van der Waals surface area contributed by atoms with Gasteiger partial charge in [0, 0.05) is 44.4 Å². The third kappa shape index (κ3) is 3.15. The van der Waals surface area contributed by atoms with Crippen molar-refractivity contribution >= 4 is 5.91 Å². The van der Waals surface area contributed by atoms with Gasteiger partial charge in [0.05, 0.1) is 6.10 Å². The molecular weight excluding hydrogens is 242 g/mol. The maximum atomic E-state index is 11.9. The third-order valence-corrected chi connectivity index (χ3v) is 4.02. The summed E-state index contributed by atoms with van der Waals surface area (Å²) in [4.78, 5) is 16.2. The van der Waals surface area contributed by atoms with E-state index in [9.17, 15) is 4.79 Å². The van der Waals surface area contributed by atoms with Crippen LogP contribution in [0.3, 0.4) is 0 Å². The summed E-state index contributed by atoms with van der Waals surface area (Å²) in [6.45, 7) is 1.71. The van der Waals surface area contributed by atoms with Gasteiger partial charge in [-0.2, -0.15) is 0 Å². The van der Waals surface area contributed by atoms with Crippen molar-refractivity contribution in [2.75, 3.05) is 6.61 Å². The molecule has 2 unspecified atom stereocenters. The van der Waals surface area contributed by atoms with Crippen molar-refractivity contribution in [2.24, 2.45) is 0 Å². The summed E-state index contributed by atoms with van der Waals surface area (Å²) in [6.07, 6.45) is 9.74. The van der Waals surface area contributed by atoms with Gasteiger partial charge >= 0.3 is 0 Å². The first kappa shape index (κ1) is 12.7. The zero-order chi connectivity index (χ0) is 13.1. The maximum Gasteiger partial charge on any atom is 0.220 e. The number of hydrogen-bond acceptors (Lipinski definition) is 3. The summed E-state index contributed by atoms with van der Waals surface area (Å²) in [6, 6.07) is 0.249. The van der Waals surface area contributed by atoms with Crippen molar-refractivity contribution in [3.05, 3.63) is 18.2 Å². The van der Waals surface area contributed by atoms with Crippen LogP contribution in [0.25, 0.3) is 0 Å². The lowest BCUT2D eigenvalue weighted by Crippen LogP contribution is -2.41. The standard InChI is InChI=1S/C14H21N3O2/c18-14(6-4-12-2-1-9-19-12)16-11-3-5-13-15-7-8-17(13)10-11/h7-8,11-12H,1-6,9-10H2,(H,16,18). The Labute approximate surface area is 113 Å². The van der Waals surface area contributed by atoms with E-state index in [-0.39, 0.29) is 11.9 Å². The number of carbonyl (C=O) groups excluding carboxylic acids is 1. The van der Waals surface area contributed by atoms with Crippen molar-refractivity contribution < 1.29 is 9.53 Å². The fraction of sp³-hybridized carbons (Fsp3) is 0.714. The van der Waals surface area contributed by atoms with E-state index in [1.165, 1.54) is 0 Å². The number of carbonyl (C=O) groups is 1. The predicted molar refractivity (Wildman–Crippen MR) is 70.7 cm³/mol.